The minimum absolute atomic E-state index is 0.0177. The van der Waals surface area contributed by atoms with Crippen molar-refractivity contribution in [3.05, 3.63) is 58.0 Å². The first-order valence-corrected chi connectivity index (χ1v) is 14.2. The van der Waals surface area contributed by atoms with Gasteiger partial charge in [0.15, 0.2) is 5.76 Å². The Morgan fingerprint density at radius 2 is 1.43 bits per heavy atom. The number of morpholine rings is 1. The Hall–Kier alpha value is -2.15. The van der Waals surface area contributed by atoms with Crippen LogP contribution < -0.4 is 0 Å². The fraction of sp³-hybridized carbons (Fsp3) is 0.645. The van der Waals surface area contributed by atoms with E-state index < -0.39 is 0 Å². The van der Waals surface area contributed by atoms with Crippen LogP contribution in [0.3, 0.4) is 0 Å². The van der Waals surface area contributed by atoms with Gasteiger partial charge in [-0.1, -0.05) is 39.8 Å². The largest absolute Gasteiger partial charge is 0.456 e. The number of furan rings is 1. The van der Waals surface area contributed by atoms with Crippen LogP contribution in [-0.4, -0.2) is 86.2 Å². The van der Waals surface area contributed by atoms with Crippen LogP contribution in [0.1, 0.15) is 79.1 Å². The number of aryl methyl sites for hydroxylation is 1. The SMILES string of the molecule is Cc1cc2c(cc1Cc1ccc(C(=O)N3CCN(CCN4CCOCC4)CC3)o1)C(C)(C)CCC2(C)C. The number of amides is 1. The number of carbonyl (C=O) groups is 1. The molecule has 6 nitrogen and oxygen atoms in total. The molecule has 2 saturated heterocycles. The van der Waals surface area contributed by atoms with Gasteiger partial charge < -0.3 is 14.1 Å². The third-order valence-electron chi connectivity index (χ3n) is 9.04. The summed E-state index contributed by atoms with van der Waals surface area (Å²) in [6, 6.07) is 8.66. The molecular formula is C31H45N3O3. The third kappa shape index (κ3) is 5.81. The van der Waals surface area contributed by atoms with E-state index in [2.05, 4.69) is 56.6 Å². The maximum Gasteiger partial charge on any atom is 0.289 e. The molecule has 0 N–H and O–H groups in total. The van der Waals surface area contributed by atoms with Crippen molar-refractivity contribution in [3.63, 3.8) is 0 Å². The zero-order chi connectivity index (χ0) is 26.2. The van der Waals surface area contributed by atoms with Gasteiger partial charge in [-0.05, 0) is 65.0 Å². The highest BCUT2D eigenvalue weighted by atomic mass is 16.5. The molecule has 0 saturated carbocycles. The van der Waals surface area contributed by atoms with Crippen LogP contribution >= 0.6 is 0 Å². The number of ether oxygens (including phenoxy) is 1. The third-order valence-corrected chi connectivity index (χ3v) is 9.04. The molecule has 0 radical (unpaired) electrons. The summed E-state index contributed by atoms with van der Waals surface area (Å²) in [6.45, 7) is 20.9. The van der Waals surface area contributed by atoms with Gasteiger partial charge in [0.25, 0.3) is 5.91 Å². The molecule has 0 spiro atoms. The fourth-order valence-corrected chi connectivity index (χ4v) is 6.17. The Morgan fingerprint density at radius 3 is 2.08 bits per heavy atom. The average Bonchev–Trinajstić information content (AvgIpc) is 3.35. The van der Waals surface area contributed by atoms with E-state index in [0.717, 1.165) is 77.8 Å². The molecule has 3 heterocycles. The van der Waals surface area contributed by atoms with Crippen molar-refractivity contribution in [2.75, 3.05) is 65.6 Å². The normalized spacial score (nSPS) is 22.1. The second kappa shape index (κ2) is 10.5. The van der Waals surface area contributed by atoms with Gasteiger partial charge >= 0.3 is 0 Å². The molecule has 1 amide bonds. The van der Waals surface area contributed by atoms with E-state index >= 15 is 0 Å². The van der Waals surface area contributed by atoms with Gasteiger partial charge in [0.2, 0.25) is 0 Å². The Balaban J connectivity index is 1.19. The van der Waals surface area contributed by atoms with E-state index in [1.807, 2.05) is 17.0 Å². The van der Waals surface area contributed by atoms with E-state index in [9.17, 15) is 4.79 Å². The number of hydrogen-bond donors (Lipinski definition) is 0. The summed E-state index contributed by atoms with van der Waals surface area (Å²) in [5, 5.41) is 0. The number of hydrogen-bond acceptors (Lipinski definition) is 5. The number of carbonyl (C=O) groups excluding carboxylic acids is 1. The summed E-state index contributed by atoms with van der Waals surface area (Å²) >= 11 is 0. The first-order chi connectivity index (χ1) is 17.6. The molecule has 0 bridgehead atoms. The monoisotopic (exact) mass is 507 g/mol. The summed E-state index contributed by atoms with van der Waals surface area (Å²) in [5.41, 5.74) is 5.96. The lowest BCUT2D eigenvalue weighted by Crippen LogP contribution is -2.50. The van der Waals surface area contributed by atoms with Gasteiger partial charge in [-0.25, -0.2) is 0 Å². The molecule has 202 valence electrons. The molecular weight excluding hydrogens is 462 g/mol. The van der Waals surface area contributed by atoms with Crippen molar-refractivity contribution in [2.45, 2.75) is 64.7 Å². The number of nitrogens with zero attached hydrogens (tertiary/aromatic N) is 3. The van der Waals surface area contributed by atoms with Crippen LogP contribution in [0.4, 0.5) is 0 Å². The van der Waals surface area contributed by atoms with E-state index in [-0.39, 0.29) is 16.7 Å². The highest BCUT2D eigenvalue weighted by molar-refractivity contribution is 5.91. The lowest BCUT2D eigenvalue weighted by molar-refractivity contribution is 0.0290. The number of piperazine rings is 1. The standard InChI is InChI=1S/C31H45N3O3/c1-23-20-26-27(31(4,5)9-8-30(26,2)3)22-24(23)21-25-6-7-28(37-25)29(35)34-14-12-32(13-15-34)10-11-33-16-18-36-19-17-33/h6-7,20,22H,8-19,21H2,1-5H3. The van der Waals surface area contributed by atoms with Crippen molar-refractivity contribution in [1.29, 1.82) is 0 Å². The number of fused-ring (bicyclic) bond motifs is 1. The van der Waals surface area contributed by atoms with Crippen LogP contribution in [0.15, 0.2) is 28.7 Å². The van der Waals surface area contributed by atoms with Gasteiger partial charge in [-0.15, -0.1) is 0 Å². The number of rotatable bonds is 6. The van der Waals surface area contributed by atoms with Gasteiger partial charge in [-0.2, -0.15) is 0 Å². The summed E-state index contributed by atoms with van der Waals surface area (Å²) < 4.78 is 11.6. The van der Waals surface area contributed by atoms with Gasteiger partial charge in [0.05, 0.1) is 13.2 Å². The summed E-state index contributed by atoms with van der Waals surface area (Å²) in [7, 11) is 0. The lowest BCUT2D eigenvalue weighted by atomic mass is 9.62. The molecule has 3 aliphatic rings. The molecule has 37 heavy (non-hydrogen) atoms. The Morgan fingerprint density at radius 1 is 0.838 bits per heavy atom. The van der Waals surface area contributed by atoms with Crippen molar-refractivity contribution in [3.8, 4) is 0 Å². The van der Waals surface area contributed by atoms with Crippen LogP contribution in [0.5, 0.6) is 0 Å². The van der Waals surface area contributed by atoms with Crippen molar-refractivity contribution in [2.24, 2.45) is 0 Å². The zero-order valence-corrected chi connectivity index (χ0v) is 23.6. The second-order valence-electron chi connectivity index (χ2n) is 12.6. The van der Waals surface area contributed by atoms with Crippen LogP contribution in [0.25, 0.3) is 0 Å². The van der Waals surface area contributed by atoms with Crippen LogP contribution in [0.2, 0.25) is 0 Å². The average molecular weight is 508 g/mol. The van der Waals surface area contributed by atoms with E-state index in [1.54, 1.807) is 0 Å². The smallest absolute Gasteiger partial charge is 0.289 e. The molecule has 1 aromatic heterocycles. The summed E-state index contributed by atoms with van der Waals surface area (Å²) in [5.74, 6) is 1.35. The van der Waals surface area contributed by atoms with Crippen molar-refractivity contribution < 1.29 is 13.9 Å². The maximum absolute atomic E-state index is 13.2. The molecule has 0 atom stereocenters. The van der Waals surface area contributed by atoms with Crippen LogP contribution in [-0.2, 0) is 22.0 Å². The van der Waals surface area contributed by atoms with E-state index in [4.69, 9.17) is 9.15 Å². The number of benzene rings is 1. The van der Waals surface area contributed by atoms with Crippen LogP contribution in [0, 0.1) is 6.92 Å². The Kier molecular flexibility index (Phi) is 7.54. The first-order valence-electron chi connectivity index (χ1n) is 14.2. The summed E-state index contributed by atoms with van der Waals surface area (Å²) in [4.78, 5) is 20.1. The minimum atomic E-state index is 0.0177. The van der Waals surface area contributed by atoms with Crippen molar-refractivity contribution in [1.82, 2.24) is 14.7 Å². The fourth-order valence-electron chi connectivity index (χ4n) is 6.17. The first kappa shape index (κ1) is 26.5. The van der Waals surface area contributed by atoms with E-state index in [1.165, 1.54) is 35.1 Å². The van der Waals surface area contributed by atoms with Crippen molar-refractivity contribution >= 4 is 5.91 Å². The topological polar surface area (TPSA) is 49.2 Å². The molecule has 0 unspecified atom stereocenters. The highest BCUT2D eigenvalue weighted by Gasteiger charge is 2.37. The molecule has 1 aromatic carbocycles. The minimum Gasteiger partial charge on any atom is -0.456 e. The highest BCUT2D eigenvalue weighted by Crippen LogP contribution is 2.46. The Bertz CT molecular complexity index is 1100. The van der Waals surface area contributed by atoms with Gasteiger partial charge in [0.1, 0.15) is 5.76 Å². The zero-order valence-electron chi connectivity index (χ0n) is 23.6. The molecule has 1 aliphatic carbocycles. The summed E-state index contributed by atoms with van der Waals surface area (Å²) in [6.07, 6.45) is 3.14. The predicted octanol–water partition coefficient (Wildman–Crippen LogP) is 4.62. The lowest BCUT2D eigenvalue weighted by Gasteiger charge is -2.42. The Labute approximate surface area is 222 Å². The predicted molar refractivity (Wildman–Crippen MR) is 148 cm³/mol. The maximum atomic E-state index is 13.2. The van der Waals surface area contributed by atoms with Gasteiger partial charge in [0, 0.05) is 58.8 Å². The molecule has 6 heteroatoms. The molecule has 2 fully saturated rings. The van der Waals surface area contributed by atoms with Gasteiger partial charge in [-0.3, -0.25) is 14.6 Å². The molecule has 2 aliphatic heterocycles. The van der Waals surface area contributed by atoms with E-state index in [0.29, 0.717) is 5.76 Å². The molecule has 5 rings (SSSR count). The quantitative estimate of drug-likeness (QED) is 0.571. The molecule has 2 aromatic rings. The second-order valence-corrected chi connectivity index (χ2v) is 12.6.